The van der Waals surface area contributed by atoms with E-state index in [0.717, 1.165) is 6.54 Å². The van der Waals surface area contributed by atoms with Gasteiger partial charge >= 0.3 is 0 Å². The summed E-state index contributed by atoms with van der Waals surface area (Å²) >= 11 is 0. The molecule has 2 heteroatoms. The summed E-state index contributed by atoms with van der Waals surface area (Å²) in [6.45, 7) is 5.79. The molecule has 1 heterocycles. The molecule has 1 aromatic rings. The van der Waals surface area contributed by atoms with E-state index >= 15 is 0 Å². The van der Waals surface area contributed by atoms with Gasteiger partial charge in [0.25, 0.3) is 0 Å². The molecule has 1 aromatic carbocycles. The lowest BCUT2D eigenvalue weighted by molar-refractivity contribution is 0.188. The Kier molecular flexibility index (Phi) is 5.21. The van der Waals surface area contributed by atoms with Crippen molar-refractivity contribution in [3.05, 3.63) is 35.4 Å². The van der Waals surface area contributed by atoms with Gasteiger partial charge in [-0.25, -0.2) is 0 Å². The van der Waals surface area contributed by atoms with Crippen molar-refractivity contribution in [2.75, 3.05) is 20.1 Å². The lowest BCUT2D eigenvalue weighted by Crippen LogP contribution is -2.43. The number of benzene rings is 1. The third-order valence-corrected chi connectivity index (χ3v) is 3.85. The van der Waals surface area contributed by atoms with Crippen LogP contribution >= 0.6 is 0 Å². The van der Waals surface area contributed by atoms with E-state index in [2.05, 4.69) is 48.5 Å². The molecule has 1 fully saturated rings. The van der Waals surface area contributed by atoms with E-state index in [1.165, 1.54) is 49.9 Å². The average Bonchev–Trinajstić information content (AvgIpc) is 2.40. The lowest BCUT2D eigenvalue weighted by atomic mass is 10.0. The number of likely N-dealkylation sites (tertiary alicyclic amines) is 1. The maximum atomic E-state index is 3.41. The van der Waals surface area contributed by atoms with Crippen LogP contribution in [0.1, 0.15) is 37.3 Å². The van der Waals surface area contributed by atoms with Gasteiger partial charge in [0.1, 0.15) is 0 Å². The van der Waals surface area contributed by atoms with E-state index in [1.54, 1.807) is 0 Å². The number of nitrogens with one attached hydrogen (secondary N) is 1. The quantitative estimate of drug-likeness (QED) is 0.859. The molecule has 0 bridgehead atoms. The molecule has 1 aliphatic heterocycles. The minimum atomic E-state index is 0.678. The minimum Gasteiger partial charge on any atom is -0.316 e. The van der Waals surface area contributed by atoms with Gasteiger partial charge in [-0.2, -0.15) is 0 Å². The minimum absolute atomic E-state index is 0.678. The molecule has 1 unspecified atom stereocenters. The van der Waals surface area contributed by atoms with Crippen LogP contribution in [0.4, 0.5) is 0 Å². The summed E-state index contributed by atoms with van der Waals surface area (Å²) in [7, 11) is 2.08. The molecule has 18 heavy (non-hydrogen) atoms. The van der Waals surface area contributed by atoms with Crippen molar-refractivity contribution in [3.8, 4) is 0 Å². The van der Waals surface area contributed by atoms with Crippen LogP contribution in [0.3, 0.4) is 0 Å². The molecular formula is C16H26N2. The smallest absolute Gasteiger partial charge is 0.0234 e. The van der Waals surface area contributed by atoms with Crippen LogP contribution in [0.25, 0.3) is 0 Å². The summed E-state index contributed by atoms with van der Waals surface area (Å²) in [6, 6.07) is 9.78. The molecule has 2 nitrogen and oxygen atoms in total. The number of piperidine rings is 1. The first-order valence-electron chi connectivity index (χ1n) is 7.29. The zero-order valence-corrected chi connectivity index (χ0v) is 11.8. The lowest BCUT2D eigenvalue weighted by Gasteiger charge is -2.32. The zero-order chi connectivity index (χ0) is 12.8. The maximum absolute atomic E-state index is 3.41. The second-order valence-electron chi connectivity index (χ2n) is 5.43. The highest BCUT2D eigenvalue weighted by Crippen LogP contribution is 2.15. The molecule has 1 N–H and O–H groups in total. The fourth-order valence-corrected chi connectivity index (χ4v) is 2.87. The molecule has 0 saturated carbocycles. The van der Waals surface area contributed by atoms with Gasteiger partial charge in [-0.05, 0) is 44.0 Å². The Labute approximate surface area is 111 Å². The highest BCUT2D eigenvalue weighted by molar-refractivity contribution is 5.23. The van der Waals surface area contributed by atoms with E-state index in [-0.39, 0.29) is 0 Å². The second kappa shape index (κ2) is 6.91. The van der Waals surface area contributed by atoms with Crippen LogP contribution in [0.2, 0.25) is 0 Å². The fraction of sp³-hybridized carbons (Fsp3) is 0.625. The molecule has 0 spiro atoms. The number of hydrogen-bond donors (Lipinski definition) is 1. The Bertz CT molecular complexity index is 362. The van der Waals surface area contributed by atoms with Crippen LogP contribution in [0.15, 0.2) is 24.3 Å². The van der Waals surface area contributed by atoms with Gasteiger partial charge in [-0.3, -0.25) is 4.90 Å². The van der Waals surface area contributed by atoms with Gasteiger partial charge < -0.3 is 5.32 Å². The molecule has 1 aliphatic rings. The largest absolute Gasteiger partial charge is 0.316 e. The first kappa shape index (κ1) is 13.6. The fourth-order valence-electron chi connectivity index (χ4n) is 2.87. The molecule has 1 atom stereocenters. The number of rotatable bonds is 5. The SMILES string of the molecule is CCCc1cccc(CN2CCCC(NC)C2)c1. The molecule has 2 rings (SSSR count). The molecule has 100 valence electrons. The van der Waals surface area contributed by atoms with Crippen molar-refractivity contribution < 1.29 is 0 Å². The second-order valence-corrected chi connectivity index (χ2v) is 5.43. The zero-order valence-electron chi connectivity index (χ0n) is 11.8. The molecule has 1 saturated heterocycles. The monoisotopic (exact) mass is 246 g/mol. The van der Waals surface area contributed by atoms with Gasteiger partial charge in [-0.1, -0.05) is 37.6 Å². The topological polar surface area (TPSA) is 15.3 Å². The first-order valence-corrected chi connectivity index (χ1v) is 7.29. The third-order valence-electron chi connectivity index (χ3n) is 3.85. The normalized spacial score (nSPS) is 21.1. The Hall–Kier alpha value is -0.860. The molecule has 0 aromatic heterocycles. The van der Waals surface area contributed by atoms with Crippen molar-refractivity contribution in [1.82, 2.24) is 10.2 Å². The number of hydrogen-bond acceptors (Lipinski definition) is 2. The number of likely N-dealkylation sites (N-methyl/N-ethyl adjacent to an activating group) is 1. The first-order chi connectivity index (χ1) is 8.81. The van der Waals surface area contributed by atoms with Crippen LogP contribution < -0.4 is 5.32 Å². The van der Waals surface area contributed by atoms with E-state index in [0.29, 0.717) is 6.04 Å². The summed E-state index contributed by atoms with van der Waals surface area (Å²) in [5.41, 5.74) is 2.95. The summed E-state index contributed by atoms with van der Waals surface area (Å²) in [5.74, 6) is 0. The Morgan fingerprint density at radius 2 is 2.17 bits per heavy atom. The molecule has 0 aliphatic carbocycles. The predicted molar refractivity (Wildman–Crippen MR) is 77.8 cm³/mol. The van der Waals surface area contributed by atoms with Gasteiger partial charge in [0, 0.05) is 19.1 Å². The molecule has 0 amide bonds. The van der Waals surface area contributed by atoms with Gasteiger partial charge in [0.2, 0.25) is 0 Å². The van der Waals surface area contributed by atoms with Crippen molar-refractivity contribution in [1.29, 1.82) is 0 Å². The highest BCUT2D eigenvalue weighted by atomic mass is 15.2. The predicted octanol–water partition coefficient (Wildman–Crippen LogP) is 2.82. The van der Waals surface area contributed by atoms with E-state index in [1.807, 2.05) is 0 Å². The standard InChI is InChI=1S/C16H26N2/c1-3-6-14-7-4-8-15(11-14)12-18-10-5-9-16(13-18)17-2/h4,7-8,11,16-17H,3,5-6,9-10,12-13H2,1-2H3. The molecular weight excluding hydrogens is 220 g/mol. The van der Waals surface area contributed by atoms with Crippen molar-refractivity contribution in [2.45, 2.75) is 45.2 Å². The summed E-state index contributed by atoms with van der Waals surface area (Å²) in [4.78, 5) is 2.58. The van der Waals surface area contributed by atoms with Crippen molar-refractivity contribution in [2.24, 2.45) is 0 Å². The Morgan fingerprint density at radius 3 is 2.94 bits per heavy atom. The van der Waals surface area contributed by atoms with Gasteiger partial charge in [-0.15, -0.1) is 0 Å². The van der Waals surface area contributed by atoms with Crippen LogP contribution in [0.5, 0.6) is 0 Å². The van der Waals surface area contributed by atoms with Crippen LogP contribution in [0, 0.1) is 0 Å². The number of aryl methyl sites for hydroxylation is 1. The highest BCUT2D eigenvalue weighted by Gasteiger charge is 2.18. The van der Waals surface area contributed by atoms with E-state index in [4.69, 9.17) is 0 Å². The van der Waals surface area contributed by atoms with Crippen molar-refractivity contribution in [3.63, 3.8) is 0 Å². The summed E-state index contributed by atoms with van der Waals surface area (Å²) in [5, 5.41) is 3.41. The summed E-state index contributed by atoms with van der Waals surface area (Å²) < 4.78 is 0. The van der Waals surface area contributed by atoms with Gasteiger partial charge in [0.05, 0.1) is 0 Å². The van der Waals surface area contributed by atoms with Crippen LogP contribution in [-0.4, -0.2) is 31.1 Å². The van der Waals surface area contributed by atoms with Gasteiger partial charge in [0.15, 0.2) is 0 Å². The average molecular weight is 246 g/mol. The van der Waals surface area contributed by atoms with E-state index in [9.17, 15) is 0 Å². The van der Waals surface area contributed by atoms with Crippen molar-refractivity contribution >= 4 is 0 Å². The van der Waals surface area contributed by atoms with Crippen LogP contribution in [-0.2, 0) is 13.0 Å². The number of nitrogens with zero attached hydrogens (tertiary/aromatic N) is 1. The third kappa shape index (κ3) is 3.82. The summed E-state index contributed by atoms with van der Waals surface area (Å²) in [6.07, 6.45) is 5.07. The Balaban J connectivity index is 1.93. The Morgan fingerprint density at radius 1 is 1.33 bits per heavy atom. The maximum Gasteiger partial charge on any atom is 0.0234 e. The molecule has 0 radical (unpaired) electrons. The van der Waals surface area contributed by atoms with E-state index < -0.39 is 0 Å².